The first-order chi connectivity index (χ1) is 5.33. The van der Waals surface area contributed by atoms with Crippen LogP contribution in [0.4, 0.5) is 0 Å². The Labute approximate surface area is 71.1 Å². The van der Waals surface area contributed by atoms with Gasteiger partial charge in [0.15, 0.2) is 0 Å². The molecule has 0 aromatic carbocycles. The summed E-state index contributed by atoms with van der Waals surface area (Å²) in [5, 5.41) is 0. The standard InChI is InChI=1S/C6H14O.C3H9N/c1-3-5-7-6-4-2;1-2-3-4/h3-6H2,1-2H3;2-4H2,1H3. The Balaban J connectivity index is 0. The molecule has 0 fully saturated rings. The fourth-order valence-corrected chi connectivity index (χ4v) is 0.391. The highest BCUT2D eigenvalue weighted by atomic mass is 16.5. The lowest BCUT2D eigenvalue weighted by atomic mass is 10.5. The van der Waals surface area contributed by atoms with E-state index in [1.807, 2.05) is 0 Å². The van der Waals surface area contributed by atoms with Gasteiger partial charge in [-0.2, -0.15) is 0 Å². The smallest absolute Gasteiger partial charge is 0.0463 e. The highest BCUT2D eigenvalue weighted by Crippen LogP contribution is 1.81. The molecular weight excluding hydrogens is 138 g/mol. The van der Waals surface area contributed by atoms with Gasteiger partial charge in [-0.05, 0) is 25.8 Å². The average molecular weight is 161 g/mol. The molecule has 2 heteroatoms. The molecule has 0 aliphatic heterocycles. The Morgan fingerprint density at radius 2 is 1.27 bits per heavy atom. The van der Waals surface area contributed by atoms with Crippen molar-refractivity contribution < 1.29 is 4.74 Å². The molecule has 0 aliphatic rings. The number of ether oxygens (including phenoxy) is 1. The topological polar surface area (TPSA) is 35.2 Å². The van der Waals surface area contributed by atoms with Crippen LogP contribution in [0.25, 0.3) is 0 Å². The van der Waals surface area contributed by atoms with Crippen molar-refractivity contribution >= 4 is 0 Å². The Morgan fingerprint density at radius 3 is 1.45 bits per heavy atom. The summed E-state index contributed by atoms with van der Waals surface area (Å²) in [6.45, 7) is 8.97. The maximum atomic E-state index is 5.13. The molecule has 0 saturated heterocycles. The van der Waals surface area contributed by atoms with E-state index in [-0.39, 0.29) is 0 Å². The molecule has 0 aliphatic carbocycles. The van der Waals surface area contributed by atoms with Gasteiger partial charge in [0.1, 0.15) is 0 Å². The fraction of sp³-hybridized carbons (Fsp3) is 1.00. The molecule has 0 radical (unpaired) electrons. The van der Waals surface area contributed by atoms with Gasteiger partial charge in [0.2, 0.25) is 0 Å². The van der Waals surface area contributed by atoms with Crippen molar-refractivity contribution in [1.82, 2.24) is 0 Å². The Kier molecular flexibility index (Phi) is 20.2. The first kappa shape index (κ1) is 13.5. The third-order valence-electron chi connectivity index (χ3n) is 0.986. The van der Waals surface area contributed by atoms with Gasteiger partial charge in [0.05, 0.1) is 0 Å². The normalized spacial score (nSPS) is 8.73. The summed E-state index contributed by atoms with van der Waals surface area (Å²) in [6, 6.07) is 0. The van der Waals surface area contributed by atoms with Crippen molar-refractivity contribution in [2.75, 3.05) is 19.8 Å². The lowest BCUT2D eigenvalue weighted by molar-refractivity contribution is 0.135. The zero-order valence-electron chi connectivity index (χ0n) is 8.23. The van der Waals surface area contributed by atoms with E-state index in [4.69, 9.17) is 10.5 Å². The van der Waals surface area contributed by atoms with E-state index >= 15 is 0 Å². The molecule has 0 aromatic heterocycles. The van der Waals surface area contributed by atoms with Crippen LogP contribution >= 0.6 is 0 Å². The zero-order chi connectivity index (χ0) is 8.95. The van der Waals surface area contributed by atoms with Gasteiger partial charge >= 0.3 is 0 Å². The first-order valence-corrected chi connectivity index (χ1v) is 4.61. The zero-order valence-corrected chi connectivity index (χ0v) is 8.23. The van der Waals surface area contributed by atoms with Crippen molar-refractivity contribution in [1.29, 1.82) is 0 Å². The van der Waals surface area contributed by atoms with Crippen molar-refractivity contribution in [3.05, 3.63) is 0 Å². The Bertz CT molecular complexity index is 42.8. The van der Waals surface area contributed by atoms with Crippen molar-refractivity contribution in [2.24, 2.45) is 5.73 Å². The highest BCUT2D eigenvalue weighted by molar-refractivity contribution is 4.25. The second kappa shape index (κ2) is 16.5. The largest absolute Gasteiger partial charge is 0.381 e. The fourth-order valence-electron chi connectivity index (χ4n) is 0.391. The summed E-state index contributed by atoms with van der Waals surface area (Å²) < 4.78 is 5.13. The number of nitrogens with two attached hydrogens (primary N) is 1. The molecular formula is C9H23NO. The van der Waals surface area contributed by atoms with Gasteiger partial charge in [-0.1, -0.05) is 20.8 Å². The third-order valence-corrected chi connectivity index (χ3v) is 0.986. The van der Waals surface area contributed by atoms with Gasteiger partial charge in [0, 0.05) is 13.2 Å². The maximum Gasteiger partial charge on any atom is 0.0463 e. The summed E-state index contributed by atoms with van der Waals surface area (Å²) in [5.41, 5.74) is 5.03. The second-order valence-corrected chi connectivity index (χ2v) is 2.40. The van der Waals surface area contributed by atoms with Crippen LogP contribution in [0.5, 0.6) is 0 Å². The van der Waals surface area contributed by atoms with Crippen molar-refractivity contribution in [2.45, 2.75) is 40.0 Å². The van der Waals surface area contributed by atoms with Gasteiger partial charge in [-0.15, -0.1) is 0 Å². The molecule has 2 N–H and O–H groups in total. The maximum absolute atomic E-state index is 5.13. The Hall–Kier alpha value is -0.0800. The van der Waals surface area contributed by atoms with Gasteiger partial charge < -0.3 is 10.5 Å². The van der Waals surface area contributed by atoms with Crippen LogP contribution < -0.4 is 5.73 Å². The number of hydrogen-bond acceptors (Lipinski definition) is 2. The predicted molar refractivity (Wildman–Crippen MR) is 50.7 cm³/mol. The van der Waals surface area contributed by atoms with Crippen LogP contribution in [0.15, 0.2) is 0 Å². The van der Waals surface area contributed by atoms with Gasteiger partial charge in [-0.3, -0.25) is 0 Å². The molecule has 2 nitrogen and oxygen atoms in total. The first-order valence-electron chi connectivity index (χ1n) is 4.61. The molecule has 11 heavy (non-hydrogen) atoms. The monoisotopic (exact) mass is 161 g/mol. The lowest BCUT2D eigenvalue weighted by Crippen LogP contribution is -1.93. The molecule has 0 rings (SSSR count). The van der Waals surface area contributed by atoms with Crippen LogP contribution in [0.2, 0.25) is 0 Å². The molecule has 70 valence electrons. The van der Waals surface area contributed by atoms with Crippen LogP contribution in [0.3, 0.4) is 0 Å². The Morgan fingerprint density at radius 1 is 0.909 bits per heavy atom. The third kappa shape index (κ3) is 25.7. The summed E-state index contributed by atoms with van der Waals surface area (Å²) in [7, 11) is 0. The highest BCUT2D eigenvalue weighted by Gasteiger charge is 1.77. The van der Waals surface area contributed by atoms with Gasteiger partial charge in [0.25, 0.3) is 0 Å². The van der Waals surface area contributed by atoms with E-state index in [1.54, 1.807) is 0 Å². The summed E-state index contributed by atoms with van der Waals surface area (Å²) >= 11 is 0. The number of hydrogen-bond donors (Lipinski definition) is 1. The van der Waals surface area contributed by atoms with Crippen LogP contribution in [-0.2, 0) is 4.74 Å². The molecule has 0 amide bonds. The summed E-state index contributed by atoms with van der Waals surface area (Å²) in [6.07, 6.45) is 3.38. The lowest BCUT2D eigenvalue weighted by Gasteiger charge is -1.95. The van der Waals surface area contributed by atoms with Crippen molar-refractivity contribution in [3.8, 4) is 0 Å². The molecule has 0 saturated carbocycles. The molecule has 0 unspecified atom stereocenters. The summed E-state index contributed by atoms with van der Waals surface area (Å²) in [5.74, 6) is 0. The SMILES string of the molecule is CCCN.CCCOCCC. The van der Waals surface area contributed by atoms with E-state index in [1.165, 1.54) is 0 Å². The van der Waals surface area contributed by atoms with E-state index in [0.29, 0.717) is 0 Å². The van der Waals surface area contributed by atoms with E-state index in [0.717, 1.165) is 39.0 Å². The quantitative estimate of drug-likeness (QED) is 0.627. The predicted octanol–water partition coefficient (Wildman–Crippen LogP) is 2.18. The molecule has 0 atom stereocenters. The molecule has 0 heterocycles. The second-order valence-electron chi connectivity index (χ2n) is 2.40. The van der Waals surface area contributed by atoms with Gasteiger partial charge in [-0.25, -0.2) is 0 Å². The molecule has 0 bridgehead atoms. The summed E-state index contributed by atoms with van der Waals surface area (Å²) in [4.78, 5) is 0. The van der Waals surface area contributed by atoms with Crippen LogP contribution in [0.1, 0.15) is 40.0 Å². The minimum Gasteiger partial charge on any atom is -0.381 e. The van der Waals surface area contributed by atoms with Crippen LogP contribution in [0, 0.1) is 0 Å². The minimum atomic E-state index is 0.819. The average Bonchev–Trinajstić information content (AvgIpc) is 2.06. The van der Waals surface area contributed by atoms with Crippen molar-refractivity contribution in [3.63, 3.8) is 0 Å². The van der Waals surface area contributed by atoms with E-state index in [2.05, 4.69) is 20.8 Å². The number of rotatable bonds is 5. The van der Waals surface area contributed by atoms with E-state index in [9.17, 15) is 0 Å². The molecule has 0 spiro atoms. The van der Waals surface area contributed by atoms with Crippen LogP contribution in [-0.4, -0.2) is 19.8 Å². The van der Waals surface area contributed by atoms with E-state index < -0.39 is 0 Å². The minimum absolute atomic E-state index is 0.819. The molecule has 0 aromatic rings.